The number of aromatic hydroxyl groups is 1. The molecule has 0 fully saturated rings. The largest absolute Gasteiger partial charge is 0.507 e. The Bertz CT molecular complexity index is 676. The summed E-state index contributed by atoms with van der Waals surface area (Å²) in [5, 5.41) is 20.5. The molecule has 0 atom stereocenters. The van der Waals surface area contributed by atoms with Crippen LogP contribution >= 0.6 is 11.6 Å². The molecule has 0 saturated carbocycles. The van der Waals surface area contributed by atoms with Crippen LogP contribution in [0.5, 0.6) is 5.75 Å². The van der Waals surface area contributed by atoms with E-state index in [2.05, 4.69) is 20.5 Å². The van der Waals surface area contributed by atoms with E-state index in [1.165, 1.54) is 18.2 Å². The topological polar surface area (TPSA) is 88.0 Å². The van der Waals surface area contributed by atoms with Crippen molar-refractivity contribution in [3.05, 3.63) is 40.2 Å². The van der Waals surface area contributed by atoms with E-state index in [9.17, 15) is 9.90 Å². The molecule has 1 aromatic heterocycles. The van der Waals surface area contributed by atoms with Gasteiger partial charge in [-0.05, 0) is 31.0 Å². The Labute approximate surface area is 127 Å². The average molecular weight is 307 g/mol. The maximum atomic E-state index is 12.1. The van der Waals surface area contributed by atoms with Crippen LogP contribution in [0.15, 0.2) is 18.2 Å². The molecule has 1 aromatic carbocycles. The highest BCUT2D eigenvalue weighted by molar-refractivity contribution is 6.31. The van der Waals surface area contributed by atoms with E-state index in [1.807, 2.05) is 13.8 Å². The van der Waals surface area contributed by atoms with Gasteiger partial charge < -0.3 is 5.11 Å². The van der Waals surface area contributed by atoms with Crippen molar-refractivity contribution >= 4 is 23.5 Å². The summed E-state index contributed by atoms with van der Waals surface area (Å²) in [6.45, 7) is 3.92. The van der Waals surface area contributed by atoms with Gasteiger partial charge >= 0.3 is 0 Å². The fraction of sp³-hybridized carbons (Fsp3) is 0.286. The van der Waals surface area contributed by atoms with Gasteiger partial charge in [-0.15, -0.1) is 10.2 Å². The number of aromatic nitrogens is 3. The number of rotatable bonds is 4. The second-order valence-corrected chi connectivity index (χ2v) is 4.79. The van der Waals surface area contributed by atoms with Crippen molar-refractivity contribution in [2.75, 3.05) is 5.32 Å². The lowest BCUT2D eigenvalue weighted by atomic mass is 10.2. The molecule has 21 heavy (non-hydrogen) atoms. The molecule has 2 aromatic rings. The van der Waals surface area contributed by atoms with Crippen molar-refractivity contribution in [3.8, 4) is 5.75 Å². The third-order valence-corrected chi connectivity index (χ3v) is 3.17. The number of carbonyl (C=O) groups is 1. The van der Waals surface area contributed by atoms with Crippen LogP contribution in [0.1, 0.15) is 35.6 Å². The highest BCUT2D eigenvalue weighted by Crippen LogP contribution is 2.22. The van der Waals surface area contributed by atoms with Gasteiger partial charge in [0.25, 0.3) is 5.91 Å². The van der Waals surface area contributed by atoms with Gasteiger partial charge in [0.2, 0.25) is 5.95 Å². The minimum Gasteiger partial charge on any atom is -0.507 e. The van der Waals surface area contributed by atoms with E-state index in [0.717, 1.165) is 17.8 Å². The first-order valence-corrected chi connectivity index (χ1v) is 6.95. The van der Waals surface area contributed by atoms with Crippen LogP contribution in [0.2, 0.25) is 5.02 Å². The minimum atomic E-state index is -0.539. The summed E-state index contributed by atoms with van der Waals surface area (Å²) in [7, 11) is 0. The Balaban J connectivity index is 2.25. The molecule has 0 spiro atoms. The van der Waals surface area contributed by atoms with Gasteiger partial charge in [-0.3, -0.25) is 10.1 Å². The highest BCUT2D eigenvalue weighted by atomic mass is 35.5. The Morgan fingerprint density at radius 2 is 1.95 bits per heavy atom. The van der Waals surface area contributed by atoms with Gasteiger partial charge in [0.05, 0.1) is 17.0 Å². The van der Waals surface area contributed by atoms with Crippen molar-refractivity contribution in [3.63, 3.8) is 0 Å². The summed E-state index contributed by atoms with van der Waals surface area (Å²) in [4.78, 5) is 16.4. The van der Waals surface area contributed by atoms with Crippen LogP contribution in [-0.2, 0) is 12.8 Å². The lowest BCUT2D eigenvalue weighted by Crippen LogP contribution is -2.16. The molecule has 1 amide bonds. The van der Waals surface area contributed by atoms with Crippen molar-refractivity contribution in [2.24, 2.45) is 0 Å². The SMILES string of the molecule is CCc1nnc(NC(=O)c2cc(Cl)ccc2O)nc1CC. The number of hydrogen-bond donors (Lipinski definition) is 2. The van der Waals surface area contributed by atoms with Crippen LogP contribution < -0.4 is 5.32 Å². The van der Waals surface area contributed by atoms with Crippen molar-refractivity contribution in [1.82, 2.24) is 15.2 Å². The van der Waals surface area contributed by atoms with Crippen LogP contribution in [0.4, 0.5) is 5.95 Å². The predicted octanol–water partition coefficient (Wildman–Crippen LogP) is 2.61. The number of anilines is 1. The third kappa shape index (κ3) is 3.46. The van der Waals surface area contributed by atoms with Crippen LogP contribution in [0.3, 0.4) is 0 Å². The smallest absolute Gasteiger partial charge is 0.261 e. The molecule has 110 valence electrons. The predicted molar refractivity (Wildman–Crippen MR) is 79.7 cm³/mol. The molecule has 0 aliphatic heterocycles. The summed E-state index contributed by atoms with van der Waals surface area (Å²) in [6, 6.07) is 4.23. The fourth-order valence-corrected chi connectivity index (χ4v) is 2.02. The summed E-state index contributed by atoms with van der Waals surface area (Å²) in [6.07, 6.45) is 1.43. The number of aryl methyl sites for hydroxylation is 2. The maximum absolute atomic E-state index is 12.1. The molecule has 1 heterocycles. The molecule has 0 radical (unpaired) electrons. The van der Waals surface area contributed by atoms with E-state index in [1.54, 1.807) is 0 Å². The first kappa shape index (κ1) is 15.2. The Morgan fingerprint density at radius 1 is 1.24 bits per heavy atom. The number of carbonyl (C=O) groups excluding carboxylic acids is 1. The molecule has 0 unspecified atom stereocenters. The number of phenolic OH excluding ortho intramolecular Hbond substituents is 1. The summed E-state index contributed by atoms with van der Waals surface area (Å²) in [5.41, 5.74) is 1.66. The summed E-state index contributed by atoms with van der Waals surface area (Å²) < 4.78 is 0. The average Bonchev–Trinajstić information content (AvgIpc) is 2.49. The number of phenols is 1. The Hall–Kier alpha value is -2.21. The van der Waals surface area contributed by atoms with E-state index in [0.29, 0.717) is 11.4 Å². The van der Waals surface area contributed by atoms with Crippen molar-refractivity contribution in [1.29, 1.82) is 0 Å². The van der Waals surface area contributed by atoms with Crippen molar-refractivity contribution in [2.45, 2.75) is 26.7 Å². The lowest BCUT2D eigenvalue weighted by molar-refractivity contribution is 0.102. The quantitative estimate of drug-likeness (QED) is 0.906. The third-order valence-electron chi connectivity index (χ3n) is 2.94. The molecule has 0 aliphatic rings. The number of nitrogens with one attached hydrogen (secondary N) is 1. The molecule has 0 bridgehead atoms. The normalized spacial score (nSPS) is 10.4. The van der Waals surface area contributed by atoms with Gasteiger partial charge in [-0.2, -0.15) is 0 Å². The van der Waals surface area contributed by atoms with Crippen LogP contribution in [0, 0.1) is 0 Å². The van der Waals surface area contributed by atoms with E-state index in [-0.39, 0.29) is 17.3 Å². The Kier molecular flexibility index (Phi) is 4.70. The molecule has 6 nitrogen and oxygen atoms in total. The highest BCUT2D eigenvalue weighted by Gasteiger charge is 2.14. The molecule has 7 heteroatoms. The monoisotopic (exact) mass is 306 g/mol. The van der Waals surface area contributed by atoms with Gasteiger partial charge in [0, 0.05) is 5.02 Å². The van der Waals surface area contributed by atoms with Gasteiger partial charge in [0.15, 0.2) is 0 Å². The fourth-order valence-electron chi connectivity index (χ4n) is 1.85. The van der Waals surface area contributed by atoms with Crippen molar-refractivity contribution < 1.29 is 9.90 Å². The standard InChI is InChI=1S/C14H15ClN4O2/c1-3-10-11(4-2)18-19-14(16-10)17-13(21)9-7-8(15)5-6-12(9)20/h5-7,20H,3-4H2,1-2H3,(H,16,17,19,21). The summed E-state index contributed by atoms with van der Waals surface area (Å²) in [5.74, 6) is -0.595. The van der Waals surface area contributed by atoms with E-state index in [4.69, 9.17) is 11.6 Å². The second-order valence-electron chi connectivity index (χ2n) is 4.35. The second kappa shape index (κ2) is 6.49. The number of amides is 1. The van der Waals surface area contributed by atoms with E-state index >= 15 is 0 Å². The molecular formula is C14H15ClN4O2. The maximum Gasteiger partial charge on any atom is 0.261 e. The molecule has 2 rings (SSSR count). The zero-order valence-electron chi connectivity index (χ0n) is 11.7. The van der Waals surface area contributed by atoms with Crippen LogP contribution in [-0.4, -0.2) is 26.2 Å². The number of hydrogen-bond acceptors (Lipinski definition) is 5. The Morgan fingerprint density at radius 3 is 2.62 bits per heavy atom. The zero-order chi connectivity index (χ0) is 15.4. The first-order chi connectivity index (χ1) is 10.0. The molecule has 0 aliphatic carbocycles. The van der Waals surface area contributed by atoms with Gasteiger partial charge in [0.1, 0.15) is 5.75 Å². The number of benzene rings is 1. The molecule has 2 N–H and O–H groups in total. The minimum absolute atomic E-state index is 0.0590. The number of nitrogens with zero attached hydrogens (tertiary/aromatic N) is 3. The molecule has 0 saturated heterocycles. The summed E-state index contributed by atoms with van der Waals surface area (Å²) >= 11 is 5.82. The van der Waals surface area contributed by atoms with Crippen LogP contribution in [0.25, 0.3) is 0 Å². The zero-order valence-corrected chi connectivity index (χ0v) is 12.5. The lowest BCUT2D eigenvalue weighted by Gasteiger charge is -2.08. The van der Waals surface area contributed by atoms with Gasteiger partial charge in [-0.25, -0.2) is 4.98 Å². The molecular weight excluding hydrogens is 292 g/mol. The van der Waals surface area contributed by atoms with Gasteiger partial charge in [-0.1, -0.05) is 25.4 Å². The number of halogens is 1. The van der Waals surface area contributed by atoms with E-state index < -0.39 is 5.91 Å². The first-order valence-electron chi connectivity index (χ1n) is 6.57.